The number of carboxylic acid groups (broad SMARTS) is 1. The van der Waals surface area contributed by atoms with Crippen LogP contribution in [-0.4, -0.2) is 50.4 Å². The minimum Gasteiger partial charge on any atom is -0.465 e. The van der Waals surface area contributed by atoms with E-state index < -0.39 is 11.9 Å². The van der Waals surface area contributed by atoms with E-state index in [9.17, 15) is 14.0 Å². The summed E-state index contributed by atoms with van der Waals surface area (Å²) in [4.78, 5) is 32.2. The molecule has 0 bridgehead atoms. The molecular weight excluding hydrogens is 395 g/mol. The second kappa shape index (κ2) is 8.61. The van der Waals surface area contributed by atoms with Crippen LogP contribution in [0.2, 0.25) is 0 Å². The van der Waals surface area contributed by atoms with Gasteiger partial charge in [-0.05, 0) is 37.8 Å². The smallest absolute Gasteiger partial charge is 0.407 e. The molecule has 1 aromatic heterocycles. The average Bonchev–Trinajstić information content (AvgIpc) is 3.21. The van der Waals surface area contributed by atoms with E-state index in [2.05, 4.69) is 15.3 Å². The highest BCUT2D eigenvalue weighted by Crippen LogP contribution is 2.28. The quantitative estimate of drug-likeness (QED) is 0.681. The Labute approximate surface area is 172 Å². The zero-order valence-electron chi connectivity index (χ0n) is 16.1. The minimum absolute atomic E-state index is 0.253. The number of piperidine rings is 1. The van der Waals surface area contributed by atoms with Gasteiger partial charge < -0.3 is 20.3 Å². The predicted molar refractivity (Wildman–Crippen MR) is 112 cm³/mol. The zero-order valence-corrected chi connectivity index (χ0v) is 16.9. The maximum Gasteiger partial charge on any atom is 0.407 e. The van der Waals surface area contributed by atoms with E-state index >= 15 is 0 Å². The number of anilines is 1. The van der Waals surface area contributed by atoms with Crippen molar-refractivity contribution in [2.24, 2.45) is 0 Å². The third-order valence-electron chi connectivity index (χ3n) is 5.73. The molecule has 1 saturated heterocycles. The molecule has 2 heterocycles. The predicted octanol–water partition coefficient (Wildman–Crippen LogP) is 3.79. The van der Waals surface area contributed by atoms with E-state index in [4.69, 9.17) is 5.11 Å². The maximum absolute atomic E-state index is 14.4. The van der Waals surface area contributed by atoms with Crippen LogP contribution in [0.15, 0.2) is 16.9 Å². The van der Waals surface area contributed by atoms with Gasteiger partial charge in [0.05, 0.1) is 22.3 Å². The molecule has 1 amide bonds. The number of thioether (sulfide) groups is 1. The molecule has 1 saturated carbocycles. The molecule has 7 nitrogen and oxygen atoms in total. The van der Waals surface area contributed by atoms with Gasteiger partial charge in [-0.15, -0.1) is 0 Å². The Balaban J connectivity index is 1.46. The monoisotopic (exact) mass is 420 g/mol. The number of nitrogens with one attached hydrogen (secondary N) is 2. The Hall–Kier alpha value is -2.29. The van der Waals surface area contributed by atoms with Crippen molar-refractivity contribution >= 4 is 34.4 Å². The van der Waals surface area contributed by atoms with Crippen LogP contribution >= 0.6 is 11.8 Å². The van der Waals surface area contributed by atoms with E-state index in [1.807, 2.05) is 0 Å². The van der Waals surface area contributed by atoms with Crippen LogP contribution in [0.1, 0.15) is 44.3 Å². The van der Waals surface area contributed by atoms with Crippen molar-refractivity contribution in [1.29, 1.82) is 0 Å². The van der Waals surface area contributed by atoms with E-state index in [-0.39, 0.29) is 17.0 Å². The summed E-state index contributed by atoms with van der Waals surface area (Å²) >= 11 is 1.67. The molecule has 2 fully saturated rings. The van der Waals surface area contributed by atoms with Gasteiger partial charge in [-0.2, -0.15) is 11.8 Å². The molecule has 2 aliphatic rings. The summed E-state index contributed by atoms with van der Waals surface area (Å²) in [5, 5.41) is 12.9. The first-order valence-corrected chi connectivity index (χ1v) is 11.1. The Morgan fingerprint density at radius 2 is 2.00 bits per heavy atom. The minimum atomic E-state index is -0.872. The highest BCUT2D eigenvalue weighted by Gasteiger charge is 2.23. The van der Waals surface area contributed by atoms with Crippen LogP contribution in [0, 0.1) is 5.82 Å². The Morgan fingerprint density at radius 3 is 2.69 bits per heavy atom. The molecule has 1 aromatic carbocycles. The highest BCUT2D eigenvalue weighted by atomic mass is 32.2. The number of hydrogen-bond donors (Lipinski definition) is 3. The number of rotatable bonds is 5. The van der Waals surface area contributed by atoms with Gasteiger partial charge in [-0.1, -0.05) is 12.8 Å². The van der Waals surface area contributed by atoms with Gasteiger partial charge in [0.15, 0.2) is 0 Å². The molecule has 0 spiro atoms. The second-order valence-corrected chi connectivity index (χ2v) is 9.06. The molecule has 2 aromatic rings. The Bertz CT molecular complexity index is 953. The van der Waals surface area contributed by atoms with Crippen molar-refractivity contribution in [2.45, 2.75) is 55.6 Å². The van der Waals surface area contributed by atoms with Crippen molar-refractivity contribution in [3.05, 3.63) is 34.1 Å². The summed E-state index contributed by atoms with van der Waals surface area (Å²) in [5.74, 6) is 0.668. The molecular formula is C20H25FN4O3S. The number of nitrogens with zero attached hydrogens (tertiary/aromatic N) is 2. The van der Waals surface area contributed by atoms with Gasteiger partial charge >= 0.3 is 6.09 Å². The lowest BCUT2D eigenvalue weighted by atomic mass is 10.1. The van der Waals surface area contributed by atoms with Gasteiger partial charge in [0.2, 0.25) is 0 Å². The number of fused-ring (bicyclic) bond motifs is 1. The topological polar surface area (TPSA) is 98.3 Å². The van der Waals surface area contributed by atoms with Gasteiger partial charge in [0.25, 0.3) is 5.56 Å². The summed E-state index contributed by atoms with van der Waals surface area (Å²) in [7, 11) is 0. The molecule has 0 unspecified atom stereocenters. The maximum atomic E-state index is 14.4. The number of carbonyl (C=O) groups is 1. The van der Waals surface area contributed by atoms with E-state index in [0.717, 1.165) is 38.5 Å². The Morgan fingerprint density at radius 1 is 1.28 bits per heavy atom. The molecule has 0 radical (unpaired) electrons. The fourth-order valence-electron chi connectivity index (χ4n) is 4.09. The standard InChI is InChI=1S/C20H25FN4O3S/c21-15-9-14-16(10-17(15)22-12-3-1-2-4-12)23-18(24-19(14)26)11-29-13-5-7-25(8-6-13)20(27)28/h9-10,12-13,22H,1-8,11H2,(H,27,28)(H,23,24,26). The van der Waals surface area contributed by atoms with Crippen LogP contribution < -0.4 is 10.9 Å². The van der Waals surface area contributed by atoms with Crippen LogP contribution in [0.3, 0.4) is 0 Å². The molecule has 1 aliphatic heterocycles. The first-order chi connectivity index (χ1) is 14.0. The molecule has 9 heteroatoms. The normalized spacial score (nSPS) is 18.4. The lowest BCUT2D eigenvalue weighted by Gasteiger charge is -2.29. The SMILES string of the molecule is O=C(O)N1CCC(SCc2nc3cc(NC4CCCC4)c(F)cc3c(=O)[nH]2)CC1. The lowest BCUT2D eigenvalue weighted by Crippen LogP contribution is -2.38. The average molecular weight is 421 g/mol. The zero-order chi connectivity index (χ0) is 20.4. The van der Waals surface area contributed by atoms with Gasteiger partial charge in [0, 0.05) is 24.4 Å². The van der Waals surface area contributed by atoms with Gasteiger partial charge in [0.1, 0.15) is 11.6 Å². The number of hydrogen-bond acceptors (Lipinski definition) is 5. The van der Waals surface area contributed by atoms with Gasteiger partial charge in [-0.25, -0.2) is 14.2 Å². The van der Waals surface area contributed by atoms with Gasteiger partial charge in [-0.3, -0.25) is 4.79 Å². The summed E-state index contributed by atoms with van der Waals surface area (Å²) in [6.45, 7) is 1.06. The molecule has 0 atom stereocenters. The number of benzene rings is 1. The number of halogens is 1. The van der Waals surface area contributed by atoms with E-state index in [1.165, 1.54) is 11.0 Å². The molecule has 1 aliphatic carbocycles. The molecule has 3 N–H and O–H groups in total. The number of amides is 1. The van der Waals surface area contributed by atoms with E-state index in [0.29, 0.717) is 41.1 Å². The fourth-order valence-corrected chi connectivity index (χ4v) is 5.16. The van der Waals surface area contributed by atoms with Crippen molar-refractivity contribution < 1.29 is 14.3 Å². The number of likely N-dealkylation sites (tertiary alicyclic amines) is 1. The van der Waals surface area contributed by atoms with Crippen LogP contribution in [-0.2, 0) is 5.75 Å². The Kier molecular flexibility index (Phi) is 5.94. The van der Waals surface area contributed by atoms with Crippen LogP contribution in [0.5, 0.6) is 0 Å². The largest absolute Gasteiger partial charge is 0.465 e. The molecule has 156 valence electrons. The molecule has 4 rings (SSSR count). The fraction of sp³-hybridized carbons (Fsp3) is 0.550. The first kappa shape index (κ1) is 20.0. The van der Waals surface area contributed by atoms with Crippen molar-refractivity contribution in [1.82, 2.24) is 14.9 Å². The molecule has 29 heavy (non-hydrogen) atoms. The first-order valence-electron chi connectivity index (χ1n) is 10.1. The summed E-state index contributed by atoms with van der Waals surface area (Å²) in [6, 6.07) is 3.17. The number of aromatic nitrogens is 2. The lowest BCUT2D eigenvalue weighted by molar-refractivity contribution is 0.136. The number of aromatic amines is 1. The van der Waals surface area contributed by atoms with E-state index in [1.54, 1.807) is 17.8 Å². The summed E-state index contributed by atoms with van der Waals surface area (Å²) in [6.07, 6.45) is 5.06. The van der Waals surface area contributed by atoms with Crippen LogP contribution in [0.4, 0.5) is 14.9 Å². The summed E-state index contributed by atoms with van der Waals surface area (Å²) < 4.78 is 14.4. The highest BCUT2D eigenvalue weighted by molar-refractivity contribution is 7.99. The second-order valence-electron chi connectivity index (χ2n) is 7.77. The third-order valence-corrected chi connectivity index (χ3v) is 7.11. The van der Waals surface area contributed by atoms with Crippen molar-refractivity contribution in [3.63, 3.8) is 0 Å². The van der Waals surface area contributed by atoms with Crippen molar-refractivity contribution in [3.8, 4) is 0 Å². The summed E-state index contributed by atoms with van der Waals surface area (Å²) in [5.41, 5.74) is 0.562. The number of H-pyrrole nitrogens is 1. The van der Waals surface area contributed by atoms with Crippen LogP contribution in [0.25, 0.3) is 10.9 Å². The van der Waals surface area contributed by atoms with Crippen molar-refractivity contribution in [2.75, 3.05) is 18.4 Å². The third kappa shape index (κ3) is 4.66.